The number of carboxylic acid groups (broad SMARTS) is 1. The number of unbranched alkanes of at least 4 members (excludes halogenated alkanes) is 1. The summed E-state index contributed by atoms with van der Waals surface area (Å²) in [5.74, 6) is -1.04. The van der Waals surface area contributed by atoms with Crippen LogP contribution in [0.3, 0.4) is 0 Å². The fourth-order valence-corrected chi connectivity index (χ4v) is 1.89. The maximum atomic E-state index is 11.3. The molecule has 1 N–H and O–H groups in total. The molecule has 1 saturated carbocycles. The number of hydrogen-bond donors (Lipinski definition) is 1. The van der Waals surface area contributed by atoms with Crippen LogP contribution in [0.5, 0.6) is 0 Å². The van der Waals surface area contributed by atoms with E-state index in [4.69, 9.17) is 5.11 Å². The summed E-state index contributed by atoms with van der Waals surface area (Å²) in [6.07, 6.45) is 3.79. The number of carbonyl (C=O) groups excluding carboxylic acids is 1. The largest absolute Gasteiger partial charge is 0.481 e. The highest BCUT2D eigenvalue weighted by Crippen LogP contribution is 2.31. The molecule has 74 valence electrons. The Morgan fingerprint density at radius 3 is 2.77 bits per heavy atom. The van der Waals surface area contributed by atoms with Crippen LogP contribution >= 0.6 is 0 Å². The standard InChI is InChI=1S/C10H16O3/c1-2-3-4-7-5-8(10(12)13)6-9(7)11/h7-8H,2-6H2,1H3,(H,12,13). The van der Waals surface area contributed by atoms with E-state index in [1.165, 1.54) is 0 Å². The molecule has 0 aromatic heterocycles. The predicted octanol–water partition coefficient (Wildman–Crippen LogP) is 1.86. The van der Waals surface area contributed by atoms with Crippen molar-refractivity contribution in [2.24, 2.45) is 11.8 Å². The molecule has 1 fully saturated rings. The smallest absolute Gasteiger partial charge is 0.306 e. The van der Waals surface area contributed by atoms with Crippen molar-refractivity contribution < 1.29 is 14.7 Å². The van der Waals surface area contributed by atoms with E-state index in [-0.39, 0.29) is 18.1 Å². The normalized spacial score (nSPS) is 27.9. The summed E-state index contributed by atoms with van der Waals surface area (Å²) in [4.78, 5) is 21.9. The molecule has 1 aliphatic rings. The van der Waals surface area contributed by atoms with Gasteiger partial charge in [0.1, 0.15) is 5.78 Å². The third-order valence-electron chi connectivity index (χ3n) is 2.73. The summed E-state index contributed by atoms with van der Waals surface area (Å²) in [5.41, 5.74) is 0. The van der Waals surface area contributed by atoms with E-state index < -0.39 is 11.9 Å². The van der Waals surface area contributed by atoms with Gasteiger partial charge in [0, 0.05) is 12.3 Å². The number of Topliss-reactive ketones (excluding diaryl/α,β-unsaturated/α-hetero) is 1. The predicted molar refractivity (Wildman–Crippen MR) is 48.4 cm³/mol. The number of rotatable bonds is 4. The van der Waals surface area contributed by atoms with Crippen LogP contribution in [0.4, 0.5) is 0 Å². The van der Waals surface area contributed by atoms with Crippen molar-refractivity contribution in [2.75, 3.05) is 0 Å². The summed E-state index contributed by atoms with van der Waals surface area (Å²) in [6.45, 7) is 2.08. The van der Waals surface area contributed by atoms with Gasteiger partial charge in [0.05, 0.1) is 5.92 Å². The zero-order valence-electron chi connectivity index (χ0n) is 7.95. The monoisotopic (exact) mass is 184 g/mol. The first-order valence-electron chi connectivity index (χ1n) is 4.90. The summed E-state index contributed by atoms with van der Waals surface area (Å²) in [7, 11) is 0. The second kappa shape index (κ2) is 4.40. The van der Waals surface area contributed by atoms with Gasteiger partial charge < -0.3 is 5.11 Å². The van der Waals surface area contributed by atoms with Crippen molar-refractivity contribution in [3.05, 3.63) is 0 Å². The topological polar surface area (TPSA) is 54.4 Å². The Labute approximate surface area is 78.1 Å². The van der Waals surface area contributed by atoms with Gasteiger partial charge in [0.15, 0.2) is 0 Å². The third kappa shape index (κ3) is 2.54. The molecule has 0 amide bonds. The number of carboxylic acids is 1. The van der Waals surface area contributed by atoms with Crippen LogP contribution in [-0.4, -0.2) is 16.9 Å². The van der Waals surface area contributed by atoms with E-state index in [0.717, 1.165) is 19.3 Å². The van der Waals surface area contributed by atoms with E-state index >= 15 is 0 Å². The van der Waals surface area contributed by atoms with Crippen LogP contribution in [0.1, 0.15) is 39.0 Å². The number of ketones is 1. The molecule has 3 heteroatoms. The molecule has 0 aromatic carbocycles. The molecule has 0 spiro atoms. The van der Waals surface area contributed by atoms with E-state index in [2.05, 4.69) is 6.92 Å². The summed E-state index contributed by atoms with van der Waals surface area (Å²) in [5, 5.41) is 8.72. The molecule has 2 atom stereocenters. The van der Waals surface area contributed by atoms with Crippen LogP contribution in [0, 0.1) is 11.8 Å². The molecule has 13 heavy (non-hydrogen) atoms. The zero-order chi connectivity index (χ0) is 9.84. The lowest BCUT2D eigenvalue weighted by Gasteiger charge is -2.05. The summed E-state index contributed by atoms with van der Waals surface area (Å²) in [6, 6.07) is 0. The Morgan fingerprint density at radius 2 is 2.31 bits per heavy atom. The van der Waals surface area contributed by atoms with Crippen LogP contribution in [0.25, 0.3) is 0 Å². The highest BCUT2D eigenvalue weighted by molar-refractivity contribution is 5.89. The average Bonchev–Trinajstić information content (AvgIpc) is 2.44. The Balaban J connectivity index is 2.42. The van der Waals surface area contributed by atoms with Gasteiger partial charge in [0.2, 0.25) is 0 Å². The minimum absolute atomic E-state index is 0.0287. The van der Waals surface area contributed by atoms with Crippen LogP contribution in [0.15, 0.2) is 0 Å². The molecule has 0 heterocycles. The maximum absolute atomic E-state index is 11.3. The fraction of sp³-hybridized carbons (Fsp3) is 0.800. The number of hydrogen-bond acceptors (Lipinski definition) is 2. The minimum Gasteiger partial charge on any atom is -0.481 e. The SMILES string of the molecule is CCCCC1CC(C(=O)O)CC1=O. The van der Waals surface area contributed by atoms with Crippen molar-refractivity contribution >= 4 is 11.8 Å². The van der Waals surface area contributed by atoms with Gasteiger partial charge in [-0.1, -0.05) is 19.8 Å². The van der Waals surface area contributed by atoms with Gasteiger partial charge in [-0.15, -0.1) is 0 Å². The summed E-state index contributed by atoms with van der Waals surface area (Å²) < 4.78 is 0. The molecule has 1 aliphatic carbocycles. The van der Waals surface area contributed by atoms with Crippen molar-refractivity contribution in [1.82, 2.24) is 0 Å². The molecule has 2 unspecified atom stereocenters. The molecular weight excluding hydrogens is 168 g/mol. The molecule has 1 rings (SSSR count). The molecule has 0 radical (unpaired) electrons. The molecule has 0 aromatic rings. The van der Waals surface area contributed by atoms with Gasteiger partial charge in [-0.2, -0.15) is 0 Å². The number of aliphatic carboxylic acids is 1. The van der Waals surface area contributed by atoms with Gasteiger partial charge in [-0.3, -0.25) is 9.59 Å². The fourth-order valence-electron chi connectivity index (χ4n) is 1.89. The highest BCUT2D eigenvalue weighted by Gasteiger charge is 2.35. The minimum atomic E-state index is -0.813. The van der Waals surface area contributed by atoms with Crippen LogP contribution < -0.4 is 0 Å². The summed E-state index contributed by atoms with van der Waals surface area (Å²) >= 11 is 0. The highest BCUT2D eigenvalue weighted by atomic mass is 16.4. The van der Waals surface area contributed by atoms with Gasteiger partial charge in [-0.05, 0) is 12.8 Å². The Hall–Kier alpha value is -0.860. The molecule has 0 aliphatic heterocycles. The van der Waals surface area contributed by atoms with E-state index in [1.807, 2.05) is 0 Å². The second-order valence-corrected chi connectivity index (χ2v) is 3.78. The van der Waals surface area contributed by atoms with E-state index in [9.17, 15) is 9.59 Å². The van der Waals surface area contributed by atoms with Gasteiger partial charge in [0.25, 0.3) is 0 Å². The van der Waals surface area contributed by atoms with Crippen molar-refractivity contribution in [3.63, 3.8) is 0 Å². The van der Waals surface area contributed by atoms with Crippen molar-refractivity contribution in [2.45, 2.75) is 39.0 Å². The Morgan fingerprint density at radius 1 is 1.62 bits per heavy atom. The second-order valence-electron chi connectivity index (χ2n) is 3.78. The Kier molecular flexibility index (Phi) is 3.46. The van der Waals surface area contributed by atoms with E-state index in [0.29, 0.717) is 6.42 Å². The maximum Gasteiger partial charge on any atom is 0.306 e. The molecule has 3 nitrogen and oxygen atoms in total. The van der Waals surface area contributed by atoms with E-state index in [1.54, 1.807) is 0 Å². The first kappa shape index (κ1) is 10.2. The first-order valence-corrected chi connectivity index (χ1v) is 4.90. The quantitative estimate of drug-likeness (QED) is 0.725. The lowest BCUT2D eigenvalue weighted by molar-refractivity contribution is -0.142. The average molecular weight is 184 g/mol. The van der Waals surface area contributed by atoms with Crippen molar-refractivity contribution in [3.8, 4) is 0 Å². The molecule has 0 saturated heterocycles. The number of carbonyl (C=O) groups is 2. The van der Waals surface area contributed by atoms with Gasteiger partial charge in [-0.25, -0.2) is 0 Å². The molecule has 0 bridgehead atoms. The third-order valence-corrected chi connectivity index (χ3v) is 2.73. The Bertz CT molecular complexity index is 210. The van der Waals surface area contributed by atoms with Gasteiger partial charge >= 0.3 is 5.97 Å². The lowest BCUT2D eigenvalue weighted by atomic mass is 9.98. The lowest BCUT2D eigenvalue weighted by Crippen LogP contribution is -2.09. The first-order chi connectivity index (χ1) is 6.15. The van der Waals surface area contributed by atoms with Crippen LogP contribution in [-0.2, 0) is 9.59 Å². The van der Waals surface area contributed by atoms with Crippen LogP contribution in [0.2, 0.25) is 0 Å². The zero-order valence-corrected chi connectivity index (χ0v) is 7.95. The molecular formula is C10H16O3. The van der Waals surface area contributed by atoms with Crippen molar-refractivity contribution in [1.29, 1.82) is 0 Å².